The van der Waals surface area contributed by atoms with Crippen LogP contribution >= 0.6 is 0 Å². The number of furan rings is 1. The Hall–Kier alpha value is -1.90. The molecule has 0 spiro atoms. The summed E-state index contributed by atoms with van der Waals surface area (Å²) >= 11 is 0. The van der Waals surface area contributed by atoms with Crippen LogP contribution in [-0.4, -0.2) is 79.1 Å². The summed E-state index contributed by atoms with van der Waals surface area (Å²) in [4.78, 5) is 16.8. The third kappa shape index (κ3) is 3.02. The molecule has 2 unspecified atom stereocenters. The number of fused-ring (bicyclic) bond motifs is 2. The van der Waals surface area contributed by atoms with E-state index in [0.717, 1.165) is 16.7 Å². The van der Waals surface area contributed by atoms with Crippen LogP contribution < -0.4 is 0 Å². The van der Waals surface area contributed by atoms with Crippen molar-refractivity contribution in [3.8, 4) is 0 Å². The lowest BCUT2D eigenvalue weighted by atomic mass is 10.0. The van der Waals surface area contributed by atoms with Gasteiger partial charge in [-0.1, -0.05) is 0 Å². The Morgan fingerprint density at radius 2 is 2.00 bits per heavy atom. The van der Waals surface area contributed by atoms with Crippen molar-refractivity contribution < 1.29 is 22.7 Å². The second kappa shape index (κ2) is 6.37. The highest BCUT2D eigenvalue weighted by atomic mass is 32.2. The van der Waals surface area contributed by atoms with Crippen LogP contribution in [0.4, 0.5) is 0 Å². The maximum atomic E-state index is 13.1. The molecule has 0 aliphatic carbocycles. The number of hydrogen-bond donors (Lipinski definition) is 1. The van der Waals surface area contributed by atoms with Crippen molar-refractivity contribution in [2.75, 3.05) is 37.7 Å². The third-order valence-corrected chi connectivity index (χ3v) is 7.02. The number of benzene rings is 1. The number of amides is 1. The van der Waals surface area contributed by atoms with Gasteiger partial charge in [-0.3, -0.25) is 9.69 Å². The molecule has 1 aromatic heterocycles. The van der Waals surface area contributed by atoms with Crippen molar-refractivity contribution in [2.24, 2.45) is 0 Å². The van der Waals surface area contributed by atoms with E-state index in [0.29, 0.717) is 25.2 Å². The molecule has 2 aromatic rings. The van der Waals surface area contributed by atoms with Gasteiger partial charge in [0.25, 0.3) is 5.91 Å². The van der Waals surface area contributed by atoms with Gasteiger partial charge in [0.15, 0.2) is 9.84 Å². The number of carbonyl (C=O) groups excluding carboxylic acids is 1. The predicted molar refractivity (Wildman–Crippen MR) is 96.9 cm³/mol. The van der Waals surface area contributed by atoms with E-state index in [9.17, 15) is 18.3 Å². The standard InChI is InChI=1S/C18H22N2O5S/c1-12-8-14-9-13(2-3-17(14)25-12)18(22)20-5-4-19(6-7-21)15-10-26(23,24)11-16(15)20/h2-3,8-9,15-16,21H,4-7,10-11H2,1H3. The molecule has 0 bridgehead atoms. The van der Waals surface area contributed by atoms with E-state index < -0.39 is 9.84 Å². The molecule has 0 radical (unpaired) electrons. The Labute approximate surface area is 152 Å². The molecule has 1 amide bonds. The van der Waals surface area contributed by atoms with Crippen LogP contribution in [0.5, 0.6) is 0 Å². The Bertz CT molecular complexity index is 952. The number of aryl methyl sites for hydroxylation is 1. The highest BCUT2D eigenvalue weighted by Gasteiger charge is 2.47. The van der Waals surface area contributed by atoms with E-state index in [-0.39, 0.29) is 36.1 Å². The largest absolute Gasteiger partial charge is 0.461 e. The van der Waals surface area contributed by atoms with Gasteiger partial charge in [-0.05, 0) is 31.2 Å². The van der Waals surface area contributed by atoms with Gasteiger partial charge in [0, 0.05) is 36.6 Å². The number of aliphatic hydroxyl groups is 1. The Morgan fingerprint density at radius 1 is 1.23 bits per heavy atom. The molecule has 8 heteroatoms. The van der Waals surface area contributed by atoms with E-state index in [2.05, 4.69) is 0 Å². The van der Waals surface area contributed by atoms with Gasteiger partial charge >= 0.3 is 0 Å². The van der Waals surface area contributed by atoms with E-state index in [1.165, 1.54) is 0 Å². The topological polar surface area (TPSA) is 91.1 Å². The summed E-state index contributed by atoms with van der Waals surface area (Å²) in [6.45, 7) is 3.29. The monoisotopic (exact) mass is 378 g/mol. The zero-order chi connectivity index (χ0) is 18.5. The van der Waals surface area contributed by atoms with Crippen LogP contribution in [0.25, 0.3) is 11.0 Å². The van der Waals surface area contributed by atoms with Crippen molar-refractivity contribution in [1.82, 2.24) is 9.80 Å². The molecule has 7 nitrogen and oxygen atoms in total. The zero-order valence-electron chi connectivity index (χ0n) is 14.6. The minimum absolute atomic E-state index is 0.0155. The van der Waals surface area contributed by atoms with Crippen molar-refractivity contribution in [3.05, 3.63) is 35.6 Å². The van der Waals surface area contributed by atoms with E-state index in [1.54, 1.807) is 23.1 Å². The lowest BCUT2D eigenvalue weighted by molar-refractivity contribution is 0.0281. The van der Waals surface area contributed by atoms with Gasteiger partial charge in [-0.15, -0.1) is 0 Å². The molecule has 3 heterocycles. The summed E-state index contributed by atoms with van der Waals surface area (Å²) in [6, 6.07) is 6.58. The highest BCUT2D eigenvalue weighted by Crippen LogP contribution is 2.29. The van der Waals surface area contributed by atoms with Crippen LogP contribution in [0, 0.1) is 6.92 Å². The molecule has 2 fully saturated rings. The number of aliphatic hydroxyl groups excluding tert-OH is 1. The number of β-amino-alcohol motifs (C(OH)–C–C–N with tert-alkyl or cyclic N) is 1. The van der Waals surface area contributed by atoms with Crippen LogP contribution in [-0.2, 0) is 9.84 Å². The number of carbonyl (C=O) groups is 1. The fourth-order valence-corrected chi connectivity index (χ4v) is 6.17. The molecule has 2 aliphatic heterocycles. The Balaban J connectivity index is 1.64. The van der Waals surface area contributed by atoms with Crippen molar-refractivity contribution in [2.45, 2.75) is 19.0 Å². The minimum atomic E-state index is -3.19. The fraction of sp³-hybridized carbons (Fsp3) is 0.500. The van der Waals surface area contributed by atoms with Gasteiger partial charge in [0.05, 0.1) is 24.2 Å². The number of nitrogens with zero attached hydrogens (tertiary/aromatic N) is 2. The molecule has 26 heavy (non-hydrogen) atoms. The second-order valence-electron chi connectivity index (χ2n) is 7.08. The fourth-order valence-electron chi connectivity index (χ4n) is 4.16. The highest BCUT2D eigenvalue weighted by molar-refractivity contribution is 7.91. The molecule has 0 saturated carbocycles. The van der Waals surface area contributed by atoms with Crippen molar-refractivity contribution >= 4 is 26.7 Å². The van der Waals surface area contributed by atoms with Gasteiger partial charge in [0.2, 0.25) is 0 Å². The number of hydrogen-bond acceptors (Lipinski definition) is 6. The molecule has 140 valence electrons. The summed E-state index contributed by atoms with van der Waals surface area (Å²) < 4.78 is 29.9. The maximum absolute atomic E-state index is 13.1. The second-order valence-corrected chi connectivity index (χ2v) is 9.23. The summed E-state index contributed by atoms with van der Waals surface area (Å²) in [5.41, 5.74) is 1.27. The molecule has 2 saturated heterocycles. The molecule has 2 atom stereocenters. The van der Waals surface area contributed by atoms with Gasteiger partial charge in [0.1, 0.15) is 11.3 Å². The first kappa shape index (κ1) is 17.5. The molecule has 1 aromatic carbocycles. The quantitative estimate of drug-likeness (QED) is 0.844. The lowest BCUT2D eigenvalue weighted by Gasteiger charge is -2.43. The Morgan fingerprint density at radius 3 is 2.77 bits per heavy atom. The average Bonchev–Trinajstić information content (AvgIpc) is 3.11. The van der Waals surface area contributed by atoms with E-state index in [4.69, 9.17) is 4.42 Å². The average molecular weight is 378 g/mol. The first-order valence-corrected chi connectivity index (χ1v) is 10.6. The zero-order valence-corrected chi connectivity index (χ0v) is 15.4. The number of rotatable bonds is 3. The molecule has 4 rings (SSSR count). The van der Waals surface area contributed by atoms with Crippen LogP contribution in [0.2, 0.25) is 0 Å². The SMILES string of the molecule is Cc1cc2cc(C(=O)N3CCN(CCO)C4CS(=O)(=O)CC43)ccc2o1. The summed E-state index contributed by atoms with van der Waals surface area (Å²) in [6.07, 6.45) is 0. The summed E-state index contributed by atoms with van der Waals surface area (Å²) in [7, 11) is -3.19. The smallest absolute Gasteiger partial charge is 0.254 e. The normalized spacial score (nSPS) is 25.5. The van der Waals surface area contributed by atoms with Gasteiger partial charge in [-0.25, -0.2) is 8.42 Å². The molecular formula is C18H22N2O5S. The van der Waals surface area contributed by atoms with Gasteiger partial charge < -0.3 is 14.4 Å². The lowest BCUT2D eigenvalue weighted by Crippen LogP contribution is -2.61. The van der Waals surface area contributed by atoms with E-state index in [1.807, 2.05) is 17.9 Å². The van der Waals surface area contributed by atoms with Crippen LogP contribution in [0.1, 0.15) is 16.1 Å². The molecular weight excluding hydrogens is 356 g/mol. The van der Waals surface area contributed by atoms with Crippen molar-refractivity contribution in [3.63, 3.8) is 0 Å². The summed E-state index contributed by atoms with van der Waals surface area (Å²) in [5, 5.41) is 10.1. The van der Waals surface area contributed by atoms with Gasteiger partial charge in [-0.2, -0.15) is 0 Å². The van der Waals surface area contributed by atoms with Crippen LogP contribution in [0.15, 0.2) is 28.7 Å². The predicted octanol–water partition coefficient (Wildman–Crippen LogP) is 0.657. The molecule has 2 aliphatic rings. The Kier molecular flexibility index (Phi) is 4.29. The number of piperazine rings is 1. The molecule has 1 N–H and O–H groups in total. The van der Waals surface area contributed by atoms with E-state index >= 15 is 0 Å². The first-order chi connectivity index (χ1) is 12.4. The minimum Gasteiger partial charge on any atom is -0.461 e. The maximum Gasteiger partial charge on any atom is 0.254 e. The first-order valence-electron chi connectivity index (χ1n) is 8.74. The van der Waals surface area contributed by atoms with Crippen LogP contribution in [0.3, 0.4) is 0 Å². The number of sulfone groups is 1. The summed E-state index contributed by atoms with van der Waals surface area (Å²) in [5.74, 6) is 0.658. The third-order valence-electron chi connectivity index (χ3n) is 5.33. The van der Waals surface area contributed by atoms with Crippen molar-refractivity contribution in [1.29, 1.82) is 0 Å².